The number of anilines is 1. The maximum absolute atomic E-state index is 12.2. The molecule has 1 aliphatic rings. The molecule has 1 aromatic rings. The molecule has 0 saturated carbocycles. The molecule has 1 atom stereocenters. The Bertz CT molecular complexity index is 430. The van der Waals surface area contributed by atoms with E-state index < -0.39 is 0 Å². The van der Waals surface area contributed by atoms with Crippen LogP contribution in [0.15, 0.2) is 12.1 Å². The van der Waals surface area contributed by atoms with Gasteiger partial charge >= 0.3 is 0 Å². The van der Waals surface area contributed by atoms with Gasteiger partial charge in [0.15, 0.2) is 0 Å². The van der Waals surface area contributed by atoms with Crippen LogP contribution in [0.2, 0.25) is 0 Å². The Labute approximate surface area is 113 Å². The maximum atomic E-state index is 12.2. The summed E-state index contributed by atoms with van der Waals surface area (Å²) >= 11 is 1.83. The van der Waals surface area contributed by atoms with Crippen molar-refractivity contribution in [2.24, 2.45) is 0 Å². The van der Waals surface area contributed by atoms with Gasteiger partial charge in [-0.1, -0.05) is 17.7 Å². The van der Waals surface area contributed by atoms with Gasteiger partial charge in [0.2, 0.25) is 5.91 Å². The Morgan fingerprint density at radius 2 is 2.00 bits per heavy atom. The highest BCUT2D eigenvalue weighted by Crippen LogP contribution is 2.22. The van der Waals surface area contributed by atoms with Gasteiger partial charge in [-0.15, -0.1) is 0 Å². The van der Waals surface area contributed by atoms with Crippen LogP contribution in [0.3, 0.4) is 0 Å². The van der Waals surface area contributed by atoms with Crippen LogP contribution in [0, 0.1) is 20.8 Å². The lowest BCUT2D eigenvalue weighted by molar-refractivity contribution is -0.117. The summed E-state index contributed by atoms with van der Waals surface area (Å²) in [6.45, 7) is 7.07. The van der Waals surface area contributed by atoms with Gasteiger partial charge in [-0.25, -0.2) is 0 Å². The fourth-order valence-corrected chi connectivity index (χ4v) is 3.26. The van der Waals surface area contributed by atoms with Gasteiger partial charge in [-0.3, -0.25) is 4.79 Å². The van der Waals surface area contributed by atoms with Crippen LogP contribution in [0.5, 0.6) is 0 Å². The standard InChI is InChI=1S/C14H20N2OS/c1-9-6-10(2)13(11(3)7-9)16-14(17)12-8-18-5-4-15-12/h6-7,12,15H,4-5,8H2,1-3H3,(H,16,17). The van der Waals surface area contributed by atoms with Crippen molar-refractivity contribution in [3.63, 3.8) is 0 Å². The second kappa shape index (κ2) is 5.76. The van der Waals surface area contributed by atoms with Crippen LogP contribution in [-0.2, 0) is 4.79 Å². The molecule has 1 unspecified atom stereocenters. The largest absolute Gasteiger partial charge is 0.324 e. The van der Waals surface area contributed by atoms with Gasteiger partial charge in [-0.2, -0.15) is 11.8 Å². The highest BCUT2D eigenvalue weighted by atomic mass is 32.2. The van der Waals surface area contributed by atoms with Crippen LogP contribution in [0.1, 0.15) is 16.7 Å². The van der Waals surface area contributed by atoms with Crippen LogP contribution in [0.25, 0.3) is 0 Å². The molecule has 1 saturated heterocycles. The zero-order chi connectivity index (χ0) is 13.1. The number of rotatable bonds is 2. The Hall–Kier alpha value is -1.00. The molecule has 2 rings (SSSR count). The van der Waals surface area contributed by atoms with E-state index >= 15 is 0 Å². The zero-order valence-corrected chi connectivity index (χ0v) is 12.0. The van der Waals surface area contributed by atoms with Gasteiger partial charge < -0.3 is 10.6 Å². The lowest BCUT2D eigenvalue weighted by Gasteiger charge is -2.23. The average Bonchev–Trinajstić information content (AvgIpc) is 2.34. The third-order valence-corrected chi connectivity index (χ3v) is 4.23. The number of aryl methyl sites for hydroxylation is 3. The predicted molar refractivity (Wildman–Crippen MR) is 78.4 cm³/mol. The molecule has 1 amide bonds. The molecule has 1 fully saturated rings. The number of hydrogen-bond donors (Lipinski definition) is 2. The van der Waals surface area contributed by atoms with E-state index in [0.717, 1.165) is 34.9 Å². The molecule has 1 heterocycles. The van der Waals surface area contributed by atoms with Crippen LogP contribution in [0.4, 0.5) is 5.69 Å². The van der Waals surface area contributed by atoms with E-state index in [1.807, 2.05) is 25.6 Å². The monoisotopic (exact) mass is 264 g/mol. The van der Waals surface area contributed by atoms with E-state index in [9.17, 15) is 4.79 Å². The van der Waals surface area contributed by atoms with Gasteiger partial charge in [0.25, 0.3) is 0 Å². The first-order valence-electron chi connectivity index (χ1n) is 6.28. The van der Waals surface area contributed by atoms with Crippen molar-refractivity contribution < 1.29 is 4.79 Å². The van der Waals surface area contributed by atoms with Gasteiger partial charge in [-0.05, 0) is 31.9 Å². The van der Waals surface area contributed by atoms with Gasteiger partial charge in [0.05, 0.1) is 6.04 Å². The van der Waals surface area contributed by atoms with E-state index in [0.29, 0.717) is 0 Å². The Balaban J connectivity index is 2.11. The topological polar surface area (TPSA) is 41.1 Å². The maximum Gasteiger partial charge on any atom is 0.242 e. The number of carbonyl (C=O) groups is 1. The third-order valence-electron chi connectivity index (χ3n) is 3.16. The van der Waals surface area contributed by atoms with Crippen molar-refractivity contribution in [2.75, 3.05) is 23.4 Å². The molecule has 0 aromatic heterocycles. The minimum absolute atomic E-state index is 0.0659. The summed E-state index contributed by atoms with van der Waals surface area (Å²) in [6, 6.07) is 4.14. The van der Waals surface area contributed by atoms with Crippen molar-refractivity contribution in [1.29, 1.82) is 0 Å². The van der Waals surface area contributed by atoms with Crippen molar-refractivity contribution >= 4 is 23.4 Å². The average molecular weight is 264 g/mol. The summed E-state index contributed by atoms with van der Waals surface area (Å²) < 4.78 is 0. The molecular weight excluding hydrogens is 244 g/mol. The lowest BCUT2D eigenvalue weighted by atomic mass is 10.0. The summed E-state index contributed by atoms with van der Waals surface area (Å²) in [5.41, 5.74) is 4.45. The summed E-state index contributed by atoms with van der Waals surface area (Å²) in [7, 11) is 0. The Morgan fingerprint density at radius 3 is 2.56 bits per heavy atom. The fraction of sp³-hybridized carbons (Fsp3) is 0.500. The molecule has 1 aliphatic heterocycles. The molecule has 0 radical (unpaired) electrons. The molecule has 0 spiro atoms. The van der Waals surface area contributed by atoms with Gasteiger partial charge in [0, 0.05) is 23.7 Å². The van der Waals surface area contributed by atoms with Crippen LogP contribution in [-0.4, -0.2) is 30.0 Å². The SMILES string of the molecule is Cc1cc(C)c(NC(=O)C2CSCCN2)c(C)c1. The first-order valence-corrected chi connectivity index (χ1v) is 7.43. The lowest BCUT2D eigenvalue weighted by Crippen LogP contribution is -2.46. The van der Waals surface area contributed by atoms with Gasteiger partial charge in [0.1, 0.15) is 0 Å². The molecule has 4 heteroatoms. The molecule has 0 aliphatic carbocycles. The number of benzene rings is 1. The van der Waals surface area contributed by atoms with Crippen molar-refractivity contribution in [3.8, 4) is 0 Å². The summed E-state index contributed by atoms with van der Waals surface area (Å²) in [6.07, 6.45) is 0. The Morgan fingerprint density at radius 1 is 1.33 bits per heavy atom. The molecule has 18 heavy (non-hydrogen) atoms. The number of carbonyl (C=O) groups excluding carboxylic acids is 1. The van der Waals surface area contributed by atoms with E-state index in [1.54, 1.807) is 0 Å². The van der Waals surface area contributed by atoms with Crippen molar-refractivity contribution in [1.82, 2.24) is 5.32 Å². The highest BCUT2D eigenvalue weighted by molar-refractivity contribution is 7.99. The molecule has 3 nitrogen and oxygen atoms in total. The number of amides is 1. The summed E-state index contributed by atoms with van der Waals surface area (Å²) in [5, 5.41) is 6.32. The number of hydrogen-bond acceptors (Lipinski definition) is 3. The quantitative estimate of drug-likeness (QED) is 0.861. The van der Waals surface area contributed by atoms with E-state index in [2.05, 4.69) is 29.7 Å². The predicted octanol–water partition coefficient (Wildman–Crippen LogP) is 2.26. The van der Waals surface area contributed by atoms with Crippen molar-refractivity contribution in [3.05, 3.63) is 28.8 Å². The molecular formula is C14H20N2OS. The van der Waals surface area contributed by atoms with Crippen LogP contribution < -0.4 is 10.6 Å². The fourth-order valence-electron chi connectivity index (χ4n) is 2.32. The normalized spacial score (nSPS) is 19.6. The highest BCUT2D eigenvalue weighted by Gasteiger charge is 2.21. The molecule has 98 valence electrons. The number of thioether (sulfide) groups is 1. The minimum atomic E-state index is -0.0659. The van der Waals surface area contributed by atoms with E-state index in [-0.39, 0.29) is 11.9 Å². The second-order valence-electron chi connectivity index (χ2n) is 4.84. The summed E-state index contributed by atoms with van der Waals surface area (Å²) in [5.74, 6) is 2.03. The Kier molecular flexibility index (Phi) is 4.30. The smallest absolute Gasteiger partial charge is 0.242 e. The zero-order valence-electron chi connectivity index (χ0n) is 11.2. The first-order chi connectivity index (χ1) is 8.58. The van der Waals surface area contributed by atoms with Crippen molar-refractivity contribution in [2.45, 2.75) is 26.8 Å². The molecule has 0 bridgehead atoms. The van der Waals surface area contributed by atoms with E-state index in [1.165, 1.54) is 5.56 Å². The van der Waals surface area contributed by atoms with E-state index in [4.69, 9.17) is 0 Å². The second-order valence-corrected chi connectivity index (χ2v) is 5.99. The first kappa shape index (κ1) is 13.4. The molecule has 2 N–H and O–H groups in total. The minimum Gasteiger partial charge on any atom is -0.324 e. The summed E-state index contributed by atoms with van der Waals surface area (Å²) in [4.78, 5) is 12.2. The number of nitrogens with one attached hydrogen (secondary N) is 2. The van der Waals surface area contributed by atoms with Crippen LogP contribution >= 0.6 is 11.8 Å². The molecule has 1 aromatic carbocycles. The third kappa shape index (κ3) is 3.06.